The van der Waals surface area contributed by atoms with Crippen LogP contribution in [-0.4, -0.2) is 42.8 Å². The lowest BCUT2D eigenvalue weighted by Gasteiger charge is -2.29. The molecule has 27 heavy (non-hydrogen) atoms. The van der Waals surface area contributed by atoms with Gasteiger partial charge in [-0.3, -0.25) is 4.79 Å². The van der Waals surface area contributed by atoms with Gasteiger partial charge in [-0.2, -0.15) is 10.1 Å². The van der Waals surface area contributed by atoms with Crippen LogP contribution in [0.15, 0.2) is 30.6 Å². The van der Waals surface area contributed by atoms with E-state index in [0.717, 1.165) is 31.2 Å². The third-order valence-corrected chi connectivity index (χ3v) is 4.73. The zero-order valence-corrected chi connectivity index (χ0v) is 14.7. The average Bonchev–Trinajstić information content (AvgIpc) is 3.07. The molecule has 1 saturated carbocycles. The fourth-order valence-corrected chi connectivity index (χ4v) is 3.30. The minimum absolute atomic E-state index is 0.0363. The number of carbonyl (C=O) groups is 1. The molecule has 0 unspecified atom stereocenters. The summed E-state index contributed by atoms with van der Waals surface area (Å²) in [5.41, 5.74) is 13.1. The Morgan fingerprint density at radius 2 is 2.07 bits per heavy atom. The maximum absolute atomic E-state index is 11.7. The van der Waals surface area contributed by atoms with Gasteiger partial charge in [-0.15, -0.1) is 10.2 Å². The molecule has 0 spiro atoms. The average molecular weight is 367 g/mol. The van der Waals surface area contributed by atoms with Crippen LogP contribution >= 0.6 is 0 Å². The molecule has 3 aromatic rings. The van der Waals surface area contributed by atoms with Crippen molar-refractivity contribution >= 4 is 28.9 Å². The van der Waals surface area contributed by atoms with Gasteiger partial charge in [0.2, 0.25) is 5.95 Å². The van der Waals surface area contributed by atoms with Crippen molar-refractivity contribution < 1.29 is 4.79 Å². The highest BCUT2D eigenvalue weighted by molar-refractivity contribution is 5.96. The molecule has 0 aromatic carbocycles. The molecule has 0 saturated heterocycles. The van der Waals surface area contributed by atoms with Crippen molar-refractivity contribution in [3.8, 4) is 0 Å². The first-order chi connectivity index (χ1) is 13.1. The van der Waals surface area contributed by atoms with Crippen molar-refractivity contribution in [3.05, 3.63) is 36.3 Å². The topological polar surface area (TPSA) is 149 Å². The molecule has 140 valence electrons. The number of fused-ring (bicyclic) bond motifs is 1. The quantitative estimate of drug-likeness (QED) is 0.522. The zero-order valence-electron chi connectivity index (χ0n) is 14.7. The summed E-state index contributed by atoms with van der Waals surface area (Å²) in [7, 11) is 0. The summed E-state index contributed by atoms with van der Waals surface area (Å²) in [6.45, 7) is 0. The lowest BCUT2D eigenvalue weighted by Crippen LogP contribution is -2.43. The highest BCUT2D eigenvalue weighted by Gasteiger charge is 2.23. The highest BCUT2D eigenvalue weighted by Crippen LogP contribution is 2.24. The minimum atomic E-state index is -0.713. The molecule has 3 heterocycles. The van der Waals surface area contributed by atoms with E-state index in [9.17, 15) is 4.79 Å². The summed E-state index contributed by atoms with van der Waals surface area (Å²) in [5.74, 6) is -0.181. The highest BCUT2D eigenvalue weighted by atomic mass is 16.1. The normalized spacial score (nSPS) is 19.7. The molecule has 1 aliphatic carbocycles. The Balaban J connectivity index is 1.64. The van der Waals surface area contributed by atoms with Crippen molar-refractivity contribution in [1.29, 1.82) is 0 Å². The third-order valence-electron chi connectivity index (χ3n) is 4.73. The van der Waals surface area contributed by atoms with Crippen LogP contribution in [0, 0.1) is 0 Å². The molecule has 10 heteroatoms. The van der Waals surface area contributed by atoms with Gasteiger partial charge in [-0.05, 0) is 25.0 Å². The second-order valence-corrected chi connectivity index (χ2v) is 6.61. The van der Waals surface area contributed by atoms with Crippen LogP contribution in [0.25, 0.3) is 5.52 Å². The number of hydrogen-bond acceptors (Lipinski definition) is 8. The largest absolute Gasteiger partial charge is 0.364 e. The van der Waals surface area contributed by atoms with Gasteiger partial charge in [0.05, 0.1) is 17.4 Å². The van der Waals surface area contributed by atoms with Crippen LogP contribution in [-0.2, 0) is 0 Å². The summed E-state index contributed by atoms with van der Waals surface area (Å²) >= 11 is 0. The van der Waals surface area contributed by atoms with Crippen LogP contribution in [0.3, 0.4) is 0 Å². The molecular formula is C17H21N9O. The first-order valence-electron chi connectivity index (χ1n) is 8.88. The van der Waals surface area contributed by atoms with Crippen molar-refractivity contribution in [1.82, 2.24) is 24.8 Å². The van der Waals surface area contributed by atoms with Crippen LogP contribution in [0.1, 0.15) is 36.2 Å². The molecule has 4 rings (SSSR count). The van der Waals surface area contributed by atoms with E-state index in [0.29, 0.717) is 11.6 Å². The fourth-order valence-electron chi connectivity index (χ4n) is 3.30. The number of carbonyl (C=O) groups excluding carboxylic acids is 1. The summed E-state index contributed by atoms with van der Waals surface area (Å²) in [4.78, 5) is 16.2. The molecule has 0 bridgehead atoms. The zero-order chi connectivity index (χ0) is 18.8. The molecule has 1 amide bonds. The van der Waals surface area contributed by atoms with Crippen molar-refractivity contribution in [2.75, 3.05) is 10.6 Å². The minimum Gasteiger partial charge on any atom is -0.364 e. The van der Waals surface area contributed by atoms with Gasteiger partial charge in [0.25, 0.3) is 5.91 Å². The molecule has 2 atom stereocenters. The van der Waals surface area contributed by atoms with Gasteiger partial charge in [-0.1, -0.05) is 18.9 Å². The number of nitrogens with one attached hydrogen (secondary N) is 2. The number of amides is 1. The fraction of sp³-hybridized carbons (Fsp3) is 0.353. The second-order valence-electron chi connectivity index (χ2n) is 6.61. The van der Waals surface area contributed by atoms with E-state index in [2.05, 4.69) is 30.9 Å². The smallest absolute Gasteiger partial charge is 0.273 e. The van der Waals surface area contributed by atoms with E-state index in [-0.39, 0.29) is 23.6 Å². The Morgan fingerprint density at radius 3 is 2.89 bits per heavy atom. The SMILES string of the molecule is NC(=O)c1nnc(N[C@@H]2CCCC[C@@H]2N)nc1Nc1cnn2ccccc12. The van der Waals surface area contributed by atoms with Crippen molar-refractivity contribution in [2.24, 2.45) is 11.5 Å². The van der Waals surface area contributed by atoms with E-state index < -0.39 is 5.91 Å². The first kappa shape index (κ1) is 17.2. The number of nitrogens with two attached hydrogens (primary N) is 2. The Hall–Kier alpha value is -3.27. The van der Waals surface area contributed by atoms with E-state index in [4.69, 9.17) is 11.5 Å². The molecule has 1 aliphatic rings. The number of hydrogen-bond donors (Lipinski definition) is 4. The van der Waals surface area contributed by atoms with Crippen molar-refractivity contribution in [3.63, 3.8) is 0 Å². The van der Waals surface area contributed by atoms with Gasteiger partial charge in [0.1, 0.15) is 0 Å². The van der Waals surface area contributed by atoms with Gasteiger partial charge in [0.15, 0.2) is 11.5 Å². The molecule has 1 fully saturated rings. The van der Waals surface area contributed by atoms with E-state index in [1.807, 2.05) is 24.4 Å². The molecule has 0 aliphatic heterocycles. The van der Waals surface area contributed by atoms with Gasteiger partial charge < -0.3 is 22.1 Å². The number of nitrogens with zero attached hydrogens (tertiary/aromatic N) is 5. The predicted octanol–water partition coefficient (Wildman–Crippen LogP) is 1.04. The number of pyridine rings is 1. The van der Waals surface area contributed by atoms with Crippen LogP contribution < -0.4 is 22.1 Å². The van der Waals surface area contributed by atoms with Crippen LogP contribution in [0.2, 0.25) is 0 Å². The molecule has 0 radical (unpaired) electrons. The Bertz CT molecular complexity index is 970. The molecule has 3 aromatic heterocycles. The summed E-state index contributed by atoms with van der Waals surface area (Å²) in [5, 5.41) is 18.5. The maximum atomic E-state index is 11.7. The number of anilines is 3. The maximum Gasteiger partial charge on any atom is 0.273 e. The summed E-state index contributed by atoms with van der Waals surface area (Å²) in [6, 6.07) is 5.78. The summed E-state index contributed by atoms with van der Waals surface area (Å²) < 4.78 is 1.71. The lowest BCUT2D eigenvalue weighted by molar-refractivity contribution is 0.0995. The summed E-state index contributed by atoms with van der Waals surface area (Å²) in [6.07, 6.45) is 7.60. The van der Waals surface area contributed by atoms with E-state index in [1.54, 1.807) is 10.7 Å². The Kier molecular flexibility index (Phi) is 4.55. The number of rotatable bonds is 5. The van der Waals surface area contributed by atoms with Crippen molar-refractivity contribution in [2.45, 2.75) is 37.8 Å². The number of primary amides is 1. The number of aromatic nitrogens is 5. The standard InChI is InChI=1S/C17H21N9O/c18-10-5-1-2-6-11(10)22-17-23-16(14(15(19)27)24-25-17)21-12-9-20-26-8-4-3-7-13(12)26/h3-4,7-11H,1-2,5-6,18H2,(H2,19,27)(H2,21,22,23,25)/t10-,11+/m0/s1. The van der Waals surface area contributed by atoms with Crippen LogP contribution in [0.4, 0.5) is 17.5 Å². The van der Waals surface area contributed by atoms with E-state index in [1.165, 1.54) is 0 Å². The molecular weight excluding hydrogens is 346 g/mol. The van der Waals surface area contributed by atoms with Crippen LogP contribution in [0.5, 0.6) is 0 Å². The Labute approximate surface area is 155 Å². The van der Waals surface area contributed by atoms with Gasteiger partial charge >= 0.3 is 0 Å². The monoisotopic (exact) mass is 367 g/mol. The van der Waals surface area contributed by atoms with Gasteiger partial charge in [0, 0.05) is 18.3 Å². The molecule has 10 nitrogen and oxygen atoms in total. The third kappa shape index (κ3) is 3.51. The Morgan fingerprint density at radius 1 is 1.22 bits per heavy atom. The molecule has 6 N–H and O–H groups in total. The first-order valence-corrected chi connectivity index (χ1v) is 8.88. The van der Waals surface area contributed by atoms with Gasteiger partial charge in [-0.25, -0.2) is 4.52 Å². The lowest BCUT2D eigenvalue weighted by atomic mass is 9.91. The van der Waals surface area contributed by atoms with E-state index >= 15 is 0 Å². The second kappa shape index (κ2) is 7.16. The predicted molar refractivity (Wildman–Crippen MR) is 101 cm³/mol.